The van der Waals surface area contributed by atoms with E-state index in [9.17, 15) is 5.11 Å². The van der Waals surface area contributed by atoms with Gasteiger partial charge in [0.15, 0.2) is 5.96 Å². The molecule has 1 saturated carbocycles. The molecule has 1 heterocycles. The molecule has 4 nitrogen and oxygen atoms in total. The number of nitrogens with zero attached hydrogens (tertiary/aromatic N) is 1. The third-order valence-electron chi connectivity index (χ3n) is 4.84. The highest BCUT2D eigenvalue weighted by Crippen LogP contribution is 2.46. The van der Waals surface area contributed by atoms with E-state index in [1.165, 1.54) is 25.7 Å². The number of hydrogen-bond donors (Lipinski definition) is 3. The van der Waals surface area contributed by atoms with E-state index in [4.69, 9.17) is 4.99 Å². The molecule has 1 aliphatic heterocycles. The number of hydrogen-bond acceptors (Lipinski definition) is 3. The summed E-state index contributed by atoms with van der Waals surface area (Å²) in [6, 6.07) is 0. The normalized spacial score (nSPS) is 27.8. The lowest BCUT2D eigenvalue weighted by Crippen LogP contribution is -2.48. The molecule has 128 valence electrons. The van der Waals surface area contributed by atoms with Crippen LogP contribution in [-0.4, -0.2) is 47.8 Å². The molecular formula is C17H33N3OS. The van der Waals surface area contributed by atoms with Gasteiger partial charge in [-0.3, -0.25) is 4.99 Å². The summed E-state index contributed by atoms with van der Waals surface area (Å²) in [5, 5.41) is 17.1. The zero-order chi connectivity index (χ0) is 16.1. The fourth-order valence-electron chi connectivity index (χ4n) is 3.54. The van der Waals surface area contributed by atoms with Crippen LogP contribution in [0.1, 0.15) is 52.9 Å². The number of rotatable bonds is 7. The van der Waals surface area contributed by atoms with Crippen LogP contribution >= 0.6 is 11.8 Å². The molecule has 0 amide bonds. The smallest absolute Gasteiger partial charge is 0.191 e. The van der Waals surface area contributed by atoms with Crippen molar-refractivity contribution in [3.8, 4) is 0 Å². The monoisotopic (exact) mass is 327 g/mol. The third kappa shape index (κ3) is 5.05. The summed E-state index contributed by atoms with van der Waals surface area (Å²) in [6.07, 6.45) is 6.13. The second-order valence-corrected chi connectivity index (χ2v) is 8.63. The second kappa shape index (κ2) is 7.91. The van der Waals surface area contributed by atoms with Crippen LogP contribution in [-0.2, 0) is 0 Å². The van der Waals surface area contributed by atoms with Crippen LogP contribution in [0.25, 0.3) is 0 Å². The summed E-state index contributed by atoms with van der Waals surface area (Å²) < 4.78 is 0. The number of aliphatic hydroxyl groups is 1. The molecule has 0 bridgehead atoms. The van der Waals surface area contributed by atoms with Crippen molar-refractivity contribution in [2.75, 3.05) is 31.1 Å². The average Bonchev–Trinajstić information content (AvgIpc) is 2.85. The van der Waals surface area contributed by atoms with E-state index in [1.54, 1.807) is 0 Å². The van der Waals surface area contributed by atoms with Crippen molar-refractivity contribution < 1.29 is 5.11 Å². The molecule has 1 unspecified atom stereocenters. The van der Waals surface area contributed by atoms with Crippen LogP contribution in [0.4, 0.5) is 0 Å². The molecule has 0 radical (unpaired) electrons. The van der Waals surface area contributed by atoms with E-state index >= 15 is 0 Å². The van der Waals surface area contributed by atoms with Gasteiger partial charge in [0, 0.05) is 25.4 Å². The van der Waals surface area contributed by atoms with Crippen LogP contribution in [0.5, 0.6) is 0 Å². The molecule has 1 saturated heterocycles. The van der Waals surface area contributed by atoms with Gasteiger partial charge in [0.05, 0.1) is 5.60 Å². The Morgan fingerprint density at radius 1 is 1.27 bits per heavy atom. The number of nitrogens with one attached hydrogen (secondary N) is 2. The molecule has 2 rings (SSSR count). The summed E-state index contributed by atoms with van der Waals surface area (Å²) in [7, 11) is 0. The van der Waals surface area contributed by atoms with Gasteiger partial charge in [0.1, 0.15) is 0 Å². The van der Waals surface area contributed by atoms with Crippen molar-refractivity contribution in [2.45, 2.75) is 58.5 Å². The zero-order valence-electron chi connectivity index (χ0n) is 14.5. The fraction of sp³-hybridized carbons (Fsp3) is 0.941. The largest absolute Gasteiger partial charge is 0.387 e. The first kappa shape index (κ1) is 17.9. The summed E-state index contributed by atoms with van der Waals surface area (Å²) >= 11 is 1.83. The summed E-state index contributed by atoms with van der Waals surface area (Å²) in [6.45, 7) is 9.07. The Bertz CT molecular complexity index is 374. The molecule has 0 aromatic heterocycles. The first-order valence-electron chi connectivity index (χ1n) is 8.79. The van der Waals surface area contributed by atoms with Crippen LogP contribution in [0.3, 0.4) is 0 Å². The van der Waals surface area contributed by atoms with Gasteiger partial charge >= 0.3 is 0 Å². The Kier molecular flexibility index (Phi) is 6.45. The highest BCUT2D eigenvalue weighted by molar-refractivity contribution is 7.99. The van der Waals surface area contributed by atoms with Crippen molar-refractivity contribution >= 4 is 17.7 Å². The highest BCUT2D eigenvalue weighted by atomic mass is 32.2. The predicted molar refractivity (Wildman–Crippen MR) is 96.6 cm³/mol. The van der Waals surface area contributed by atoms with Crippen molar-refractivity contribution in [1.82, 2.24) is 10.6 Å². The molecule has 2 fully saturated rings. The Labute approximate surface area is 139 Å². The van der Waals surface area contributed by atoms with Gasteiger partial charge in [0.25, 0.3) is 0 Å². The minimum atomic E-state index is -0.563. The molecule has 22 heavy (non-hydrogen) atoms. The van der Waals surface area contributed by atoms with Gasteiger partial charge in [-0.2, -0.15) is 11.8 Å². The fourth-order valence-corrected chi connectivity index (χ4v) is 4.84. The quantitative estimate of drug-likeness (QED) is 0.497. The Morgan fingerprint density at radius 2 is 2.05 bits per heavy atom. The predicted octanol–water partition coefficient (Wildman–Crippen LogP) is 2.63. The molecule has 0 aromatic rings. The molecular weight excluding hydrogens is 294 g/mol. The first-order chi connectivity index (χ1) is 10.5. The second-order valence-electron chi connectivity index (χ2n) is 7.53. The lowest BCUT2D eigenvalue weighted by Gasteiger charge is -2.42. The number of aliphatic imine (C=N–C) groups is 1. The van der Waals surface area contributed by atoms with Crippen LogP contribution in [0.15, 0.2) is 4.99 Å². The van der Waals surface area contributed by atoms with Gasteiger partial charge < -0.3 is 15.7 Å². The van der Waals surface area contributed by atoms with Gasteiger partial charge in [0.2, 0.25) is 0 Å². The topological polar surface area (TPSA) is 56.7 Å². The van der Waals surface area contributed by atoms with Gasteiger partial charge in [-0.15, -0.1) is 0 Å². The maximum Gasteiger partial charge on any atom is 0.191 e. The third-order valence-corrected chi connectivity index (χ3v) is 6.07. The van der Waals surface area contributed by atoms with Crippen molar-refractivity contribution in [1.29, 1.82) is 0 Å². The SMILES string of the molecule is CCNC(=NCC1(CC(C)C)CCC1)NCC1(O)CCSC1. The van der Waals surface area contributed by atoms with Crippen LogP contribution in [0, 0.1) is 11.3 Å². The molecule has 2 aliphatic rings. The summed E-state index contributed by atoms with van der Waals surface area (Å²) in [5.41, 5.74) is -0.135. The maximum absolute atomic E-state index is 10.4. The molecule has 0 spiro atoms. The van der Waals surface area contributed by atoms with Gasteiger partial charge in [-0.25, -0.2) is 0 Å². The van der Waals surface area contributed by atoms with Crippen LogP contribution < -0.4 is 10.6 Å². The Hall–Kier alpha value is -0.420. The standard InChI is InChI=1S/C17H33N3OS/c1-4-18-15(20-12-17(21)8-9-22-13-17)19-11-16(6-5-7-16)10-14(2)3/h14,21H,4-13H2,1-3H3,(H2,18,19,20). The van der Waals surface area contributed by atoms with E-state index in [-0.39, 0.29) is 0 Å². The summed E-state index contributed by atoms with van der Waals surface area (Å²) in [4.78, 5) is 4.83. The van der Waals surface area contributed by atoms with Gasteiger partial charge in [-0.1, -0.05) is 20.3 Å². The molecule has 3 N–H and O–H groups in total. The van der Waals surface area contributed by atoms with Crippen LogP contribution in [0.2, 0.25) is 0 Å². The highest BCUT2D eigenvalue weighted by Gasteiger charge is 2.37. The van der Waals surface area contributed by atoms with Gasteiger partial charge in [-0.05, 0) is 49.7 Å². The van der Waals surface area contributed by atoms with Crippen molar-refractivity contribution in [3.05, 3.63) is 0 Å². The van der Waals surface area contributed by atoms with E-state index < -0.39 is 5.60 Å². The van der Waals surface area contributed by atoms with Crippen molar-refractivity contribution in [3.63, 3.8) is 0 Å². The zero-order valence-corrected chi connectivity index (χ0v) is 15.3. The lowest BCUT2D eigenvalue weighted by atomic mass is 9.64. The molecule has 1 aliphatic carbocycles. The van der Waals surface area contributed by atoms with E-state index in [1.807, 2.05) is 11.8 Å². The number of thioether (sulfide) groups is 1. The molecule has 5 heteroatoms. The van der Waals surface area contributed by atoms with E-state index in [2.05, 4.69) is 31.4 Å². The maximum atomic E-state index is 10.4. The molecule has 0 aromatic carbocycles. The van der Waals surface area contributed by atoms with Crippen molar-refractivity contribution in [2.24, 2.45) is 16.3 Å². The Balaban J connectivity index is 1.88. The minimum Gasteiger partial charge on any atom is -0.387 e. The average molecular weight is 328 g/mol. The Morgan fingerprint density at radius 3 is 2.55 bits per heavy atom. The minimum absolute atomic E-state index is 0.427. The summed E-state index contributed by atoms with van der Waals surface area (Å²) in [5.74, 6) is 3.49. The molecule has 1 atom stereocenters. The first-order valence-corrected chi connectivity index (χ1v) is 9.95. The lowest BCUT2D eigenvalue weighted by molar-refractivity contribution is 0.0723. The van der Waals surface area contributed by atoms with E-state index in [0.717, 1.165) is 42.9 Å². The number of guanidine groups is 1. The van der Waals surface area contributed by atoms with E-state index in [0.29, 0.717) is 12.0 Å².